The average Bonchev–Trinajstić information content (AvgIpc) is 2.69. The summed E-state index contributed by atoms with van der Waals surface area (Å²) < 4.78 is 5.87. The van der Waals surface area contributed by atoms with Gasteiger partial charge in [0.2, 0.25) is 5.91 Å². The molecule has 0 fully saturated rings. The molecule has 0 aliphatic rings. The summed E-state index contributed by atoms with van der Waals surface area (Å²) in [7, 11) is 3.13. The summed E-state index contributed by atoms with van der Waals surface area (Å²) in [4.78, 5) is 21.1. The number of nitrogens with zero attached hydrogens (tertiary/aromatic N) is 2. The number of rotatable bonds is 10. The smallest absolute Gasteiger partial charge is 0.245 e. The lowest BCUT2D eigenvalue weighted by molar-refractivity contribution is -0.168. The van der Waals surface area contributed by atoms with Gasteiger partial charge in [-0.1, -0.05) is 43.7 Å². The Bertz CT molecular complexity index is 676. The molecular weight excluding hydrogens is 328 g/mol. The van der Waals surface area contributed by atoms with Crippen molar-refractivity contribution in [1.82, 2.24) is 10.0 Å². The average molecular weight is 356 g/mol. The van der Waals surface area contributed by atoms with Gasteiger partial charge >= 0.3 is 0 Å². The first kappa shape index (κ1) is 19.9. The summed E-state index contributed by atoms with van der Waals surface area (Å²) in [6.45, 7) is 2.71. The van der Waals surface area contributed by atoms with E-state index in [9.17, 15) is 4.79 Å². The van der Waals surface area contributed by atoms with Gasteiger partial charge in [-0.3, -0.25) is 14.6 Å². The molecule has 0 aliphatic heterocycles. The molecule has 0 saturated carbocycles. The van der Waals surface area contributed by atoms with Gasteiger partial charge in [-0.05, 0) is 30.4 Å². The first-order valence-corrected chi connectivity index (χ1v) is 9.03. The number of ether oxygens (including phenoxy) is 1. The van der Waals surface area contributed by atoms with E-state index >= 15 is 0 Å². The van der Waals surface area contributed by atoms with Crippen LogP contribution in [-0.2, 0) is 16.2 Å². The van der Waals surface area contributed by atoms with Gasteiger partial charge in [-0.25, -0.2) is 5.06 Å². The van der Waals surface area contributed by atoms with Crippen molar-refractivity contribution in [2.75, 3.05) is 14.2 Å². The highest BCUT2D eigenvalue weighted by atomic mass is 16.7. The maximum atomic E-state index is 11.7. The van der Waals surface area contributed by atoms with E-state index in [1.165, 1.54) is 12.2 Å². The van der Waals surface area contributed by atoms with Gasteiger partial charge in [0.1, 0.15) is 12.4 Å². The fourth-order valence-electron chi connectivity index (χ4n) is 2.66. The highest BCUT2D eigenvalue weighted by Crippen LogP contribution is 2.23. The van der Waals surface area contributed by atoms with E-state index < -0.39 is 0 Å². The zero-order valence-corrected chi connectivity index (χ0v) is 15.9. The van der Waals surface area contributed by atoms with Crippen LogP contribution < -0.4 is 4.74 Å². The second-order valence-electron chi connectivity index (χ2n) is 6.41. The van der Waals surface area contributed by atoms with E-state index in [2.05, 4.69) is 11.9 Å². The van der Waals surface area contributed by atoms with Crippen LogP contribution >= 0.6 is 0 Å². The minimum Gasteiger partial charge on any atom is -0.489 e. The van der Waals surface area contributed by atoms with Crippen molar-refractivity contribution in [3.8, 4) is 5.75 Å². The quantitative estimate of drug-likeness (QED) is 0.469. The molecule has 0 aliphatic carbocycles. The molecule has 2 aromatic rings. The zero-order chi connectivity index (χ0) is 18.8. The minimum absolute atomic E-state index is 0.00888. The van der Waals surface area contributed by atoms with Crippen molar-refractivity contribution in [2.24, 2.45) is 0 Å². The topological polar surface area (TPSA) is 51.7 Å². The Morgan fingerprint density at radius 3 is 2.69 bits per heavy atom. The minimum atomic E-state index is 0.00888. The van der Waals surface area contributed by atoms with Gasteiger partial charge < -0.3 is 4.74 Å². The predicted octanol–water partition coefficient (Wildman–Crippen LogP) is 4.34. The maximum absolute atomic E-state index is 11.7. The molecule has 5 nitrogen and oxygen atoms in total. The number of aromatic nitrogens is 1. The van der Waals surface area contributed by atoms with E-state index in [0.717, 1.165) is 36.3 Å². The summed E-state index contributed by atoms with van der Waals surface area (Å²) in [5.74, 6) is 1.17. The summed E-state index contributed by atoms with van der Waals surface area (Å²) in [6.07, 6.45) is 5.11. The highest BCUT2D eigenvalue weighted by Gasteiger charge is 2.11. The molecule has 140 valence electrons. The van der Waals surface area contributed by atoms with E-state index in [4.69, 9.17) is 9.57 Å². The normalized spacial score (nSPS) is 11.8. The lowest BCUT2D eigenvalue weighted by Crippen LogP contribution is -2.24. The molecule has 0 spiro atoms. The number of benzene rings is 1. The number of hydroxylamine groups is 2. The van der Waals surface area contributed by atoms with Crippen molar-refractivity contribution in [3.05, 3.63) is 59.9 Å². The molecule has 5 heteroatoms. The molecule has 0 N–H and O–H groups in total. The zero-order valence-electron chi connectivity index (χ0n) is 15.9. The number of unbranched alkanes of at least 4 members (excludes halogenated alkanes) is 1. The van der Waals surface area contributed by atoms with Crippen LogP contribution in [0.5, 0.6) is 5.75 Å². The van der Waals surface area contributed by atoms with Gasteiger partial charge in [0.25, 0.3) is 0 Å². The van der Waals surface area contributed by atoms with E-state index in [0.29, 0.717) is 18.9 Å². The summed E-state index contributed by atoms with van der Waals surface area (Å²) in [6, 6.07) is 14.0. The Labute approximate surface area is 155 Å². The Balaban J connectivity index is 1.78. The molecule has 1 amide bonds. The molecular formula is C21H28N2O3. The van der Waals surface area contributed by atoms with Crippen molar-refractivity contribution >= 4 is 5.91 Å². The summed E-state index contributed by atoms with van der Waals surface area (Å²) in [5.41, 5.74) is 2.17. The Kier molecular flexibility index (Phi) is 8.09. The predicted molar refractivity (Wildman–Crippen MR) is 102 cm³/mol. The molecule has 0 bridgehead atoms. The fourth-order valence-corrected chi connectivity index (χ4v) is 2.66. The fraction of sp³-hybridized carbons (Fsp3) is 0.429. The molecule has 1 heterocycles. The van der Waals surface area contributed by atoms with Crippen LogP contribution in [0.25, 0.3) is 0 Å². The van der Waals surface area contributed by atoms with Gasteiger partial charge in [0, 0.05) is 31.4 Å². The number of carbonyl (C=O) groups excluding carboxylic acids is 1. The van der Waals surface area contributed by atoms with Crippen LogP contribution in [0.15, 0.2) is 48.7 Å². The number of pyridine rings is 1. The molecule has 1 aromatic heterocycles. The van der Waals surface area contributed by atoms with Crippen molar-refractivity contribution in [2.45, 2.75) is 45.1 Å². The van der Waals surface area contributed by atoms with Crippen molar-refractivity contribution in [1.29, 1.82) is 0 Å². The van der Waals surface area contributed by atoms with Gasteiger partial charge in [0.05, 0.1) is 7.11 Å². The molecule has 1 aromatic carbocycles. The Morgan fingerprint density at radius 1 is 1.19 bits per heavy atom. The number of hydrogen-bond acceptors (Lipinski definition) is 4. The molecule has 2 rings (SSSR count). The second kappa shape index (κ2) is 10.6. The van der Waals surface area contributed by atoms with E-state index in [1.807, 2.05) is 42.5 Å². The highest BCUT2D eigenvalue weighted by molar-refractivity contribution is 5.74. The monoisotopic (exact) mass is 356 g/mol. The van der Waals surface area contributed by atoms with Crippen molar-refractivity contribution < 1.29 is 14.4 Å². The van der Waals surface area contributed by atoms with Crippen LogP contribution in [-0.4, -0.2) is 30.1 Å². The largest absolute Gasteiger partial charge is 0.489 e. The van der Waals surface area contributed by atoms with E-state index in [-0.39, 0.29) is 5.91 Å². The van der Waals surface area contributed by atoms with Crippen LogP contribution in [0.2, 0.25) is 0 Å². The molecule has 1 atom stereocenters. The van der Waals surface area contributed by atoms with Gasteiger partial charge in [-0.15, -0.1) is 0 Å². The number of amides is 1. The third-order valence-corrected chi connectivity index (χ3v) is 4.41. The molecule has 0 saturated heterocycles. The standard InChI is InChI=1S/C21H28N2O3/c1-17(9-7-8-12-21(24)23(2)25-3)20-15-19(13-14-22-20)26-16-18-10-5-4-6-11-18/h4-6,10-11,13-15,17H,7-9,12,16H2,1-3H3. The second-order valence-corrected chi connectivity index (χ2v) is 6.41. The first-order chi connectivity index (χ1) is 12.6. The molecule has 1 unspecified atom stereocenters. The van der Waals surface area contributed by atoms with Gasteiger partial charge in [0.15, 0.2) is 0 Å². The molecule has 0 radical (unpaired) electrons. The lowest BCUT2D eigenvalue weighted by atomic mass is 9.99. The van der Waals surface area contributed by atoms with Gasteiger partial charge in [-0.2, -0.15) is 0 Å². The summed E-state index contributed by atoms with van der Waals surface area (Å²) >= 11 is 0. The maximum Gasteiger partial charge on any atom is 0.245 e. The van der Waals surface area contributed by atoms with Crippen LogP contribution in [0.4, 0.5) is 0 Å². The lowest BCUT2D eigenvalue weighted by Gasteiger charge is -2.14. The number of hydrogen-bond donors (Lipinski definition) is 0. The van der Waals surface area contributed by atoms with Crippen LogP contribution in [0.1, 0.15) is 49.8 Å². The Morgan fingerprint density at radius 2 is 1.96 bits per heavy atom. The van der Waals surface area contributed by atoms with E-state index in [1.54, 1.807) is 13.2 Å². The summed E-state index contributed by atoms with van der Waals surface area (Å²) in [5, 5.41) is 1.28. The third-order valence-electron chi connectivity index (χ3n) is 4.41. The first-order valence-electron chi connectivity index (χ1n) is 9.03. The number of carbonyl (C=O) groups is 1. The van der Waals surface area contributed by atoms with Crippen LogP contribution in [0.3, 0.4) is 0 Å². The Hall–Kier alpha value is -2.40. The third kappa shape index (κ3) is 6.48. The van der Waals surface area contributed by atoms with Crippen LogP contribution in [0, 0.1) is 0 Å². The van der Waals surface area contributed by atoms with Crippen molar-refractivity contribution in [3.63, 3.8) is 0 Å². The SMILES string of the molecule is CON(C)C(=O)CCCCC(C)c1cc(OCc2ccccc2)ccn1. The molecule has 26 heavy (non-hydrogen) atoms.